The first kappa shape index (κ1) is 13.3. The van der Waals surface area contributed by atoms with Crippen LogP contribution in [0.1, 0.15) is 25.7 Å². The molecule has 0 radical (unpaired) electrons. The molecular formula is C11H22N2O3S. The maximum atomic E-state index is 12.2. The minimum absolute atomic E-state index is 0.0910. The molecule has 0 bridgehead atoms. The quantitative estimate of drug-likeness (QED) is 0.734. The van der Waals surface area contributed by atoms with Gasteiger partial charge in [-0.1, -0.05) is 0 Å². The van der Waals surface area contributed by atoms with Gasteiger partial charge in [-0.25, -0.2) is 12.7 Å². The molecule has 100 valence electrons. The molecule has 2 saturated heterocycles. The van der Waals surface area contributed by atoms with Gasteiger partial charge >= 0.3 is 0 Å². The molecule has 2 aliphatic rings. The Kier molecular flexibility index (Phi) is 4.41. The summed E-state index contributed by atoms with van der Waals surface area (Å²) >= 11 is 0. The first-order valence-corrected chi connectivity index (χ1v) is 8.05. The van der Waals surface area contributed by atoms with Gasteiger partial charge in [-0.3, -0.25) is 0 Å². The molecule has 0 aromatic carbocycles. The Morgan fingerprint density at radius 1 is 1.29 bits per heavy atom. The molecule has 0 saturated carbocycles. The second-order valence-corrected chi connectivity index (χ2v) is 7.13. The van der Waals surface area contributed by atoms with E-state index in [0.29, 0.717) is 13.1 Å². The molecular weight excluding hydrogens is 240 g/mol. The number of aliphatic hydroxyl groups is 1. The van der Waals surface area contributed by atoms with Gasteiger partial charge in [-0.15, -0.1) is 0 Å². The maximum absolute atomic E-state index is 12.2. The van der Waals surface area contributed by atoms with Crippen LogP contribution in [0.15, 0.2) is 0 Å². The van der Waals surface area contributed by atoms with Crippen LogP contribution in [-0.4, -0.2) is 55.9 Å². The summed E-state index contributed by atoms with van der Waals surface area (Å²) in [5.41, 5.74) is 0. The molecule has 5 nitrogen and oxygen atoms in total. The van der Waals surface area contributed by atoms with Crippen LogP contribution in [0.3, 0.4) is 0 Å². The summed E-state index contributed by atoms with van der Waals surface area (Å²) in [6.45, 7) is 2.13. The van der Waals surface area contributed by atoms with Crippen LogP contribution >= 0.6 is 0 Å². The fraction of sp³-hybridized carbons (Fsp3) is 1.00. The second-order valence-electron chi connectivity index (χ2n) is 5.12. The summed E-state index contributed by atoms with van der Waals surface area (Å²) in [5, 5.41) is 12.3. The molecule has 2 heterocycles. The average Bonchev–Trinajstić information content (AvgIpc) is 2.81. The fourth-order valence-corrected chi connectivity index (χ4v) is 4.54. The third kappa shape index (κ3) is 3.40. The molecule has 2 atom stereocenters. The smallest absolute Gasteiger partial charge is 0.215 e. The van der Waals surface area contributed by atoms with E-state index >= 15 is 0 Å². The molecule has 2 unspecified atom stereocenters. The lowest BCUT2D eigenvalue weighted by atomic mass is 10.0. The molecule has 0 amide bonds. The SMILES string of the molecule is O=S(=O)(CC1CCCN1)N1CCCC(CO)C1. The Bertz CT molecular complexity index is 339. The standard InChI is InChI=1S/C11H22N2O3S/c14-8-10-3-2-6-13(7-10)17(15,16)9-11-4-1-5-12-11/h10-12,14H,1-9H2. The molecule has 2 fully saturated rings. The highest BCUT2D eigenvalue weighted by molar-refractivity contribution is 7.89. The highest BCUT2D eigenvalue weighted by Crippen LogP contribution is 2.20. The van der Waals surface area contributed by atoms with Crippen molar-refractivity contribution in [3.63, 3.8) is 0 Å². The molecule has 0 aromatic heterocycles. The summed E-state index contributed by atoms with van der Waals surface area (Å²) < 4.78 is 26.0. The molecule has 17 heavy (non-hydrogen) atoms. The van der Waals surface area contributed by atoms with Gasteiger partial charge in [0.25, 0.3) is 0 Å². The van der Waals surface area contributed by atoms with Gasteiger partial charge in [-0.05, 0) is 38.1 Å². The predicted molar refractivity (Wildman–Crippen MR) is 66.2 cm³/mol. The van der Waals surface area contributed by atoms with Crippen molar-refractivity contribution in [3.8, 4) is 0 Å². The molecule has 6 heteroatoms. The largest absolute Gasteiger partial charge is 0.396 e. The third-order valence-corrected chi connectivity index (χ3v) is 5.65. The van der Waals surface area contributed by atoms with Crippen molar-refractivity contribution in [1.29, 1.82) is 0 Å². The Morgan fingerprint density at radius 3 is 2.76 bits per heavy atom. The minimum Gasteiger partial charge on any atom is -0.396 e. The molecule has 0 aliphatic carbocycles. The summed E-state index contributed by atoms with van der Waals surface area (Å²) in [5.74, 6) is 0.334. The van der Waals surface area contributed by atoms with Gasteiger partial charge in [0.05, 0.1) is 5.75 Å². The number of hydrogen-bond acceptors (Lipinski definition) is 4. The molecule has 0 spiro atoms. The van der Waals surface area contributed by atoms with Gasteiger partial charge in [0.15, 0.2) is 0 Å². The number of sulfonamides is 1. The van der Waals surface area contributed by atoms with Crippen LogP contribution in [0.5, 0.6) is 0 Å². The number of nitrogens with zero attached hydrogens (tertiary/aromatic N) is 1. The van der Waals surface area contributed by atoms with Gasteiger partial charge in [-0.2, -0.15) is 0 Å². The first-order valence-electron chi connectivity index (χ1n) is 6.44. The predicted octanol–water partition coefficient (Wildman–Crippen LogP) is -0.227. The molecule has 0 aromatic rings. The van der Waals surface area contributed by atoms with Crippen molar-refractivity contribution in [1.82, 2.24) is 9.62 Å². The van der Waals surface area contributed by atoms with E-state index in [1.54, 1.807) is 4.31 Å². The van der Waals surface area contributed by atoms with Crippen molar-refractivity contribution in [2.24, 2.45) is 5.92 Å². The van der Waals surface area contributed by atoms with Crippen LogP contribution in [0.4, 0.5) is 0 Å². The molecule has 2 N–H and O–H groups in total. The summed E-state index contributed by atoms with van der Waals surface area (Å²) in [4.78, 5) is 0. The van der Waals surface area contributed by atoms with Crippen molar-refractivity contribution in [3.05, 3.63) is 0 Å². The summed E-state index contributed by atoms with van der Waals surface area (Å²) in [6.07, 6.45) is 3.82. The third-order valence-electron chi connectivity index (χ3n) is 3.71. The maximum Gasteiger partial charge on any atom is 0.215 e. The number of piperidine rings is 1. The number of hydrogen-bond donors (Lipinski definition) is 2. The zero-order chi connectivity index (χ0) is 12.3. The van der Waals surface area contributed by atoms with Crippen molar-refractivity contribution in [2.75, 3.05) is 32.0 Å². The molecule has 2 aliphatic heterocycles. The minimum atomic E-state index is -3.15. The topological polar surface area (TPSA) is 69.6 Å². The monoisotopic (exact) mass is 262 g/mol. The van der Waals surface area contributed by atoms with Crippen LogP contribution in [0.2, 0.25) is 0 Å². The summed E-state index contributed by atoms with van der Waals surface area (Å²) in [6, 6.07) is 0.120. The van der Waals surface area contributed by atoms with Crippen LogP contribution in [0, 0.1) is 5.92 Å². The Hall–Kier alpha value is -0.170. The van der Waals surface area contributed by atoms with Crippen LogP contribution in [0.25, 0.3) is 0 Å². The van der Waals surface area contributed by atoms with Crippen molar-refractivity contribution >= 4 is 10.0 Å². The lowest BCUT2D eigenvalue weighted by Gasteiger charge is -2.31. The van der Waals surface area contributed by atoms with Gasteiger partial charge in [0.1, 0.15) is 0 Å². The average molecular weight is 262 g/mol. The zero-order valence-corrected chi connectivity index (χ0v) is 11.0. The van der Waals surface area contributed by atoms with E-state index in [0.717, 1.165) is 32.2 Å². The van der Waals surface area contributed by atoms with Gasteiger partial charge < -0.3 is 10.4 Å². The van der Waals surface area contributed by atoms with E-state index in [1.807, 2.05) is 0 Å². The normalized spacial score (nSPS) is 31.8. The lowest BCUT2D eigenvalue weighted by molar-refractivity contribution is 0.165. The Labute approximate surface area is 103 Å². The number of nitrogens with one attached hydrogen (secondary N) is 1. The number of rotatable bonds is 4. The number of aliphatic hydroxyl groups excluding tert-OH is 1. The highest BCUT2D eigenvalue weighted by atomic mass is 32.2. The molecule has 2 rings (SSSR count). The first-order chi connectivity index (χ1) is 8.12. The van der Waals surface area contributed by atoms with E-state index in [1.165, 1.54) is 0 Å². The lowest BCUT2D eigenvalue weighted by Crippen LogP contribution is -2.45. The second kappa shape index (κ2) is 5.65. The van der Waals surface area contributed by atoms with Gasteiger partial charge in [0.2, 0.25) is 10.0 Å². The van der Waals surface area contributed by atoms with E-state index in [-0.39, 0.29) is 24.3 Å². The highest BCUT2D eigenvalue weighted by Gasteiger charge is 2.31. The Morgan fingerprint density at radius 2 is 2.12 bits per heavy atom. The van der Waals surface area contributed by atoms with Crippen LogP contribution in [-0.2, 0) is 10.0 Å². The van der Waals surface area contributed by atoms with E-state index in [4.69, 9.17) is 5.11 Å². The van der Waals surface area contributed by atoms with E-state index in [9.17, 15) is 8.42 Å². The van der Waals surface area contributed by atoms with E-state index < -0.39 is 10.0 Å². The van der Waals surface area contributed by atoms with Crippen molar-refractivity contribution < 1.29 is 13.5 Å². The fourth-order valence-electron chi connectivity index (χ4n) is 2.69. The summed E-state index contributed by atoms with van der Waals surface area (Å²) in [7, 11) is -3.15. The van der Waals surface area contributed by atoms with Crippen molar-refractivity contribution in [2.45, 2.75) is 31.7 Å². The van der Waals surface area contributed by atoms with Crippen LogP contribution < -0.4 is 5.32 Å². The Balaban J connectivity index is 1.94. The van der Waals surface area contributed by atoms with E-state index in [2.05, 4.69) is 5.32 Å². The zero-order valence-electron chi connectivity index (χ0n) is 10.1. The van der Waals surface area contributed by atoms with Gasteiger partial charge in [0, 0.05) is 25.7 Å².